The zero-order chi connectivity index (χ0) is 12.3. The highest BCUT2D eigenvalue weighted by atomic mass is 79.9. The third kappa shape index (κ3) is 2.58. The second-order valence-corrected chi connectivity index (χ2v) is 4.76. The zero-order valence-electron chi connectivity index (χ0n) is 10.0. The lowest BCUT2D eigenvalue weighted by atomic mass is 10.1. The van der Waals surface area contributed by atoms with Gasteiger partial charge in [-0.2, -0.15) is 0 Å². The van der Waals surface area contributed by atoms with Crippen LogP contribution in [0.2, 0.25) is 0 Å². The maximum Gasteiger partial charge on any atom is 0.130 e. The molecule has 0 aliphatic heterocycles. The second kappa shape index (κ2) is 5.47. The highest BCUT2D eigenvalue weighted by molar-refractivity contribution is 9.10. The molecule has 0 spiro atoms. The molecule has 0 saturated heterocycles. The monoisotopic (exact) mass is 293 g/mol. The van der Waals surface area contributed by atoms with Crippen molar-refractivity contribution in [3.05, 3.63) is 52.5 Å². The number of benzene rings is 1. The Morgan fingerprint density at radius 2 is 2.06 bits per heavy atom. The van der Waals surface area contributed by atoms with Crippen molar-refractivity contribution < 1.29 is 0 Å². The molecule has 17 heavy (non-hydrogen) atoms. The van der Waals surface area contributed by atoms with E-state index in [0.717, 1.165) is 16.8 Å². The number of hydrogen-bond acceptors (Lipinski definition) is 2. The fourth-order valence-corrected chi connectivity index (χ4v) is 2.21. The van der Waals surface area contributed by atoms with Crippen LogP contribution < -0.4 is 5.32 Å². The fraction of sp³-hybridized carbons (Fsp3) is 0.308. The minimum atomic E-state index is 0.137. The summed E-state index contributed by atoms with van der Waals surface area (Å²) in [6.45, 7) is 3.06. The minimum absolute atomic E-state index is 0.137. The number of hydrogen-bond donors (Lipinski definition) is 1. The van der Waals surface area contributed by atoms with Crippen molar-refractivity contribution in [1.82, 2.24) is 14.9 Å². The van der Waals surface area contributed by atoms with Crippen LogP contribution in [0.5, 0.6) is 0 Å². The first-order chi connectivity index (χ1) is 8.26. The SMILES string of the molecule is CCn1ccnc1C(NC)c1ccc(Br)cc1. The van der Waals surface area contributed by atoms with Gasteiger partial charge in [-0.3, -0.25) is 0 Å². The Kier molecular flexibility index (Phi) is 3.97. The molecular formula is C13H16BrN3. The molecule has 0 aliphatic rings. The number of aromatic nitrogens is 2. The lowest BCUT2D eigenvalue weighted by Gasteiger charge is -2.17. The van der Waals surface area contributed by atoms with E-state index in [0.29, 0.717) is 0 Å². The van der Waals surface area contributed by atoms with Crippen molar-refractivity contribution in [2.24, 2.45) is 0 Å². The van der Waals surface area contributed by atoms with Crippen LogP contribution >= 0.6 is 15.9 Å². The number of nitrogens with one attached hydrogen (secondary N) is 1. The van der Waals surface area contributed by atoms with Crippen LogP contribution in [0, 0.1) is 0 Å². The molecule has 0 fully saturated rings. The van der Waals surface area contributed by atoms with Crippen molar-refractivity contribution in [1.29, 1.82) is 0 Å². The molecule has 4 heteroatoms. The van der Waals surface area contributed by atoms with E-state index in [2.05, 4.69) is 62.0 Å². The third-order valence-electron chi connectivity index (χ3n) is 2.84. The summed E-state index contributed by atoms with van der Waals surface area (Å²) in [6.07, 6.45) is 3.86. The Morgan fingerprint density at radius 1 is 1.35 bits per heavy atom. The smallest absolute Gasteiger partial charge is 0.130 e. The van der Waals surface area contributed by atoms with Gasteiger partial charge in [-0.05, 0) is 31.7 Å². The van der Waals surface area contributed by atoms with E-state index in [4.69, 9.17) is 0 Å². The molecule has 1 heterocycles. The number of halogens is 1. The maximum atomic E-state index is 4.45. The van der Waals surface area contributed by atoms with Crippen molar-refractivity contribution in [3.8, 4) is 0 Å². The average Bonchev–Trinajstić information content (AvgIpc) is 2.81. The summed E-state index contributed by atoms with van der Waals surface area (Å²) >= 11 is 3.45. The lowest BCUT2D eigenvalue weighted by molar-refractivity contribution is 0.590. The van der Waals surface area contributed by atoms with Crippen LogP contribution in [-0.4, -0.2) is 16.6 Å². The van der Waals surface area contributed by atoms with Gasteiger partial charge in [0.05, 0.1) is 6.04 Å². The Balaban J connectivity index is 2.36. The molecule has 0 saturated carbocycles. The topological polar surface area (TPSA) is 29.9 Å². The summed E-state index contributed by atoms with van der Waals surface area (Å²) in [7, 11) is 1.96. The van der Waals surface area contributed by atoms with Gasteiger partial charge >= 0.3 is 0 Å². The molecule has 0 bridgehead atoms. The number of nitrogens with zero attached hydrogens (tertiary/aromatic N) is 2. The summed E-state index contributed by atoms with van der Waals surface area (Å²) in [4.78, 5) is 4.45. The van der Waals surface area contributed by atoms with Gasteiger partial charge in [-0.15, -0.1) is 0 Å². The molecule has 1 unspecified atom stereocenters. The molecule has 1 N–H and O–H groups in total. The second-order valence-electron chi connectivity index (χ2n) is 3.84. The van der Waals surface area contributed by atoms with Crippen molar-refractivity contribution in [3.63, 3.8) is 0 Å². The summed E-state index contributed by atoms with van der Waals surface area (Å²) in [5, 5.41) is 3.32. The average molecular weight is 294 g/mol. The Labute approximate surface area is 110 Å². The first kappa shape index (κ1) is 12.3. The van der Waals surface area contributed by atoms with Gasteiger partial charge in [0.15, 0.2) is 0 Å². The van der Waals surface area contributed by atoms with E-state index in [-0.39, 0.29) is 6.04 Å². The van der Waals surface area contributed by atoms with Gasteiger partial charge in [-0.1, -0.05) is 28.1 Å². The molecule has 0 aliphatic carbocycles. The Bertz CT molecular complexity index is 476. The fourth-order valence-electron chi connectivity index (χ4n) is 1.95. The van der Waals surface area contributed by atoms with E-state index in [1.165, 1.54) is 5.56 Å². The largest absolute Gasteiger partial charge is 0.334 e. The van der Waals surface area contributed by atoms with Gasteiger partial charge in [0, 0.05) is 23.4 Å². The summed E-state index contributed by atoms with van der Waals surface area (Å²) in [5.74, 6) is 1.05. The van der Waals surface area contributed by atoms with Gasteiger partial charge < -0.3 is 9.88 Å². The molecule has 2 rings (SSSR count). The van der Waals surface area contributed by atoms with Crippen molar-refractivity contribution in [2.45, 2.75) is 19.5 Å². The number of aryl methyl sites for hydroxylation is 1. The van der Waals surface area contributed by atoms with E-state index in [1.807, 2.05) is 19.4 Å². The normalized spacial score (nSPS) is 12.6. The standard InChI is InChI=1S/C13H16BrN3/c1-3-17-9-8-16-13(17)12(15-2)10-4-6-11(14)7-5-10/h4-9,12,15H,3H2,1-2H3. The van der Waals surface area contributed by atoms with Crippen LogP contribution in [0.1, 0.15) is 24.4 Å². The molecule has 1 atom stereocenters. The maximum absolute atomic E-state index is 4.45. The van der Waals surface area contributed by atoms with Crippen LogP contribution in [-0.2, 0) is 6.54 Å². The van der Waals surface area contributed by atoms with Crippen molar-refractivity contribution >= 4 is 15.9 Å². The highest BCUT2D eigenvalue weighted by Crippen LogP contribution is 2.22. The summed E-state index contributed by atoms with van der Waals surface area (Å²) in [6, 6.07) is 8.47. The molecule has 1 aromatic carbocycles. The molecule has 2 aromatic rings. The van der Waals surface area contributed by atoms with Crippen LogP contribution in [0.25, 0.3) is 0 Å². The highest BCUT2D eigenvalue weighted by Gasteiger charge is 2.16. The van der Waals surface area contributed by atoms with Gasteiger partial charge in [0.2, 0.25) is 0 Å². The van der Waals surface area contributed by atoms with E-state index in [1.54, 1.807) is 0 Å². The quantitative estimate of drug-likeness (QED) is 0.939. The predicted octanol–water partition coefficient (Wildman–Crippen LogP) is 2.97. The molecule has 0 radical (unpaired) electrons. The number of rotatable bonds is 4. The molecular weight excluding hydrogens is 278 g/mol. The predicted molar refractivity (Wildman–Crippen MR) is 72.9 cm³/mol. The van der Waals surface area contributed by atoms with Gasteiger partial charge in [-0.25, -0.2) is 4.98 Å². The first-order valence-corrected chi connectivity index (χ1v) is 6.49. The Hall–Kier alpha value is -1.13. The minimum Gasteiger partial charge on any atom is -0.334 e. The lowest BCUT2D eigenvalue weighted by Crippen LogP contribution is -2.21. The summed E-state index contributed by atoms with van der Waals surface area (Å²) < 4.78 is 3.25. The van der Waals surface area contributed by atoms with E-state index >= 15 is 0 Å². The molecule has 0 amide bonds. The van der Waals surface area contributed by atoms with Crippen LogP contribution in [0.15, 0.2) is 41.1 Å². The van der Waals surface area contributed by atoms with E-state index < -0.39 is 0 Å². The molecule has 90 valence electrons. The molecule has 1 aromatic heterocycles. The Morgan fingerprint density at radius 3 is 2.65 bits per heavy atom. The van der Waals surface area contributed by atoms with Gasteiger partial charge in [0.25, 0.3) is 0 Å². The van der Waals surface area contributed by atoms with Crippen LogP contribution in [0.3, 0.4) is 0 Å². The van der Waals surface area contributed by atoms with Crippen LogP contribution in [0.4, 0.5) is 0 Å². The summed E-state index contributed by atoms with van der Waals surface area (Å²) in [5.41, 5.74) is 1.22. The third-order valence-corrected chi connectivity index (χ3v) is 3.37. The zero-order valence-corrected chi connectivity index (χ0v) is 11.6. The number of imidazole rings is 1. The van der Waals surface area contributed by atoms with E-state index in [9.17, 15) is 0 Å². The first-order valence-electron chi connectivity index (χ1n) is 5.70. The molecule has 3 nitrogen and oxygen atoms in total. The van der Waals surface area contributed by atoms with Crippen molar-refractivity contribution in [2.75, 3.05) is 7.05 Å². The van der Waals surface area contributed by atoms with Gasteiger partial charge in [0.1, 0.15) is 5.82 Å².